The zero-order valence-corrected chi connectivity index (χ0v) is 16.5. The van der Waals surface area contributed by atoms with Crippen LogP contribution in [0.1, 0.15) is 33.7 Å². The molecule has 7 heteroatoms. The zero-order valence-electron chi connectivity index (χ0n) is 14.9. The molecule has 0 aliphatic carbocycles. The van der Waals surface area contributed by atoms with E-state index in [1.54, 1.807) is 18.6 Å². The lowest BCUT2D eigenvalue weighted by Gasteiger charge is -2.09. The highest BCUT2D eigenvalue weighted by atomic mass is 79.9. The van der Waals surface area contributed by atoms with Gasteiger partial charge < -0.3 is 9.88 Å². The van der Waals surface area contributed by atoms with Crippen LogP contribution in [0.3, 0.4) is 0 Å². The molecule has 0 saturated carbocycles. The molecular weight excluding hydrogens is 418 g/mol. The summed E-state index contributed by atoms with van der Waals surface area (Å²) in [5, 5.41) is 12.6. The van der Waals surface area contributed by atoms with Crippen molar-refractivity contribution in [2.45, 2.75) is 19.4 Å². The number of amides is 1. The maximum absolute atomic E-state index is 13.1. The molecule has 3 heterocycles. The predicted octanol–water partition coefficient (Wildman–Crippen LogP) is 4.47. The van der Waals surface area contributed by atoms with E-state index >= 15 is 0 Å². The van der Waals surface area contributed by atoms with Crippen LogP contribution in [-0.4, -0.2) is 21.7 Å². The summed E-state index contributed by atoms with van der Waals surface area (Å²) in [7, 11) is 0. The van der Waals surface area contributed by atoms with Gasteiger partial charge in [0, 0.05) is 46.6 Å². The number of fused-ring (bicyclic) bond motifs is 1. The molecule has 0 unspecified atom stereocenters. The fraction of sp³-hybridized carbons (Fsp3) is 0.143. The second kappa shape index (κ2) is 7.79. The first-order valence-electron chi connectivity index (χ1n) is 8.84. The van der Waals surface area contributed by atoms with Crippen molar-refractivity contribution in [2.24, 2.45) is 4.99 Å². The molecule has 0 spiro atoms. The highest BCUT2D eigenvalue weighted by molar-refractivity contribution is 9.10. The third-order valence-corrected chi connectivity index (χ3v) is 5.13. The first-order chi connectivity index (χ1) is 13.7. The highest BCUT2D eigenvalue weighted by Gasteiger charge is 2.29. The minimum atomic E-state index is -0.273. The summed E-state index contributed by atoms with van der Waals surface area (Å²) in [6.45, 7) is 0.704. The maximum Gasteiger partial charge on any atom is 0.274 e. The third kappa shape index (κ3) is 3.47. The van der Waals surface area contributed by atoms with Gasteiger partial charge >= 0.3 is 0 Å². The quantitative estimate of drug-likeness (QED) is 0.616. The van der Waals surface area contributed by atoms with Gasteiger partial charge in [-0.3, -0.25) is 14.8 Å². The van der Waals surface area contributed by atoms with Crippen LogP contribution in [0.15, 0.2) is 58.3 Å². The standard InChI is InChI=1S/C21H16BrN5O/c22-15-5-7-16(8-6-15)26-21(28)20-19(25-13-14-3-1-9-24-12-14)17(11-23)18-4-2-10-27(18)20/h1,3,5-9,12-13H,2,4,10H2,(H,26,28). The van der Waals surface area contributed by atoms with Gasteiger partial charge in [-0.2, -0.15) is 5.26 Å². The molecule has 0 bridgehead atoms. The Kier molecular flexibility index (Phi) is 5.04. The van der Waals surface area contributed by atoms with Crippen LogP contribution >= 0.6 is 15.9 Å². The van der Waals surface area contributed by atoms with Gasteiger partial charge in [0.05, 0.1) is 5.56 Å². The number of pyridine rings is 1. The lowest BCUT2D eigenvalue weighted by molar-refractivity contribution is 0.101. The molecule has 4 rings (SSSR count). The second-order valence-electron chi connectivity index (χ2n) is 6.39. The second-order valence-corrected chi connectivity index (χ2v) is 7.31. The lowest BCUT2D eigenvalue weighted by Crippen LogP contribution is -2.16. The van der Waals surface area contributed by atoms with Crippen LogP contribution in [0.2, 0.25) is 0 Å². The van der Waals surface area contributed by atoms with Crippen molar-refractivity contribution < 1.29 is 4.79 Å². The van der Waals surface area contributed by atoms with Crippen molar-refractivity contribution in [1.29, 1.82) is 5.26 Å². The number of nitrogens with one attached hydrogen (secondary N) is 1. The Morgan fingerprint density at radius 2 is 2.14 bits per heavy atom. The first kappa shape index (κ1) is 18.1. The Morgan fingerprint density at radius 1 is 1.32 bits per heavy atom. The van der Waals surface area contributed by atoms with Crippen LogP contribution < -0.4 is 5.32 Å². The molecule has 1 aliphatic rings. The number of aromatic nitrogens is 2. The fourth-order valence-corrected chi connectivity index (χ4v) is 3.62. The number of halogens is 1. The third-order valence-electron chi connectivity index (χ3n) is 4.60. The normalized spacial score (nSPS) is 12.7. The van der Waals surface area contributed by atoms with E-state index in [1.807, 2.05) is 41.0 Å². The van der Waals surface area contributed by atoms with Crippen molar-refractivity contribution >= 4 is 39.4 Å². The maximum atomic E-state index is 13.1. The van der Waals surface area contributed by atoms with Crippen LogP contribution in [0.5, 0.6) is 0 Å². The molecule has 6 nitrogen and oxygen atoms in total. The number of hydrogen-bond donors (Lipinski definition) is 1. The Bertz CT molecular complexity index is 1090. The van der Waals surface area contributed by atoms with Crippen LogP contribution in [-0.2, 0) is 13.0 Å². The fourth-order valence-electron chi connectivity index (χ4n) is 3.35. The van der Waals surface area contributed by atoms with E-state index in [1.165, 1.54) is 0 Å². The van der Waals surface area contributed by atoms with Crippen molar-refractivity contribution in [3.05, 3.63) is 75.8 Å². The molecular formula is C21H16BrN5O. The summed E-state index contributed by atoms with van der Waals surface area (Å²) >= 11 is 3.39. The number of benzene rings is 1. The molecule has 3 aromatic rings. The number of nitriles is 1. The average molecular weight is 434 g/mol. The number of rotatable bonds is 4. The van der Waals surface area contributed by atoms with Crippen molar-refractivity contribution in [3.63, 3.8) is 0 Å². The predicted molar refractivity (Wildman–Crippen MR) is 111 cm³/mol. The van der Waals surface area contributed by atoms with Crippen molar-refractivity contribution in [1.82, 2.24) is 9.55 Å². The van der Waals surface area contributed by atoms with Gasteiger partial charge in [0.1, 0.15) is 17.5 Å². The zero-order chi connectivity index (χ0) is 19.5. The van der Waals surface area contributed by atoms with Crippen molar-refractivity contribution in [2.75, 3.05) is 5.32 Å². The van der Waals surface area contributed by atoms with Gasteiger partial charge in [-0.15, -0.1) is 0 Å². The van der Waals surface area contributed by atoms with E-state index in [4.69, 9.17) is 0 Å². The highest BCUT2D eigenvalue weighted by Crippen LogP contribution is 2.35. The summed E-state index contributed by atoms with van der Waals surface area (Å²) in [5.41, 5.74) is 3.67. The van der Waals surface area contributed by atoms with Gasteiger partial charge in [0.15, 0.2) is 0 Å². The molecule has 2 aromatic heterocycles. The summed E-state index contributed by atoms with van der Waals surface area (Å²) in [6.07, 6.45) is 6.68. The number of carbonyl (C=O) groups is 1. The van der Waals surface area contributed by atoms with Gasteiger partial charge in [0.25, 0.3) is 5.91 Å². The summed E-state index contributed by atoms with van der Waals surface area (Å²) in [6, 6.07) is 13.3. The lowest BCUT2D eigenvalue weighted by atomic mass is 10.1. The Morgan fingerprint density at radius 3 is 2.86 bits per heavy atom. The van der Waals surface area contributed by atoms with Gasteiger partial charge in [-0.1, -0.05) is 22.0 Å². The SMILES string of the molecule is N#Cc1c(N=Cc2cccnc2)c(C(=O)Nc2ccc(Br)cc2)n2c1CCC2. The van der Waals surface area contributed by atoms with E-state index in [0.29, 0.717) is 29.2 Å². The molecule has 0 saturated heterocycles. The number of aliphatic imine (C=N–C) groups is 1. The number of carbonyl (C=O) groups excluding carboxylic acids is 1. The summed E-state index contributed by atoms with van der Waals surface area (Å²) in [5.74, 6) is -0.273. The summed E-state index contributed by atoms with van der Waals surface area (Å²) in [4.78, 5) is 21.7. The van der Waals surface area contributed by atoms with Crippen LogP contribution in [0.4, 0.5) is 11.4 Å². The molecule has 1 N–H and O–H groups in total. The minimum Gasteiger partial charge on any atom is -0.337 e. The molecule has 0 fully saturated rings. The molecule has 1 aromatic carbocycles. The number of hydrogen-bond acceptors (Lipinski definition) is 4. The summed E-state index contributed by atoms with van der Waals surface area (Å²) < 4.78 is 2.85. The smallest absolute Gasteiger partial charge is 0.274 e. The van der Waals surface area contributed by atoms with Gasteiger partial charge in [-0.05, 0) is 43.2 Å². The van der Waals surface area contributed by atoms with E-state index in [0.717, 1.165) is 28.6 Å². The molecule has 0 atom stereocenters. The Balaban J connectivity index is 1.75. The van der Waals surface area contributed by atoms with Gasteiger partial charge in [-0.25, -0.2) is 0 Å². The monoisotopic (exact) mass is 433 g/mol. The largest absolute Gasteiger partial charge is 0.337 e. The van der Waals surface area contributed by atoms with Gasteiger partial charge in [0.2, 0.25) is 0 Å². The molecule has 1 aliphatic heterocycles. The number of nitrogens with zero attached hydrogens (tertiary/aromatic N) is 4. The van der Waals surface area contributed by atoms with E-state index < -0.39 is 0 Å². The average Bonchev–Trinajstić information content (AvgIpc) is 3.28. The molecule has 138 valence electrons. The molecule has 1 amide bonds. The van der Waals surface area contributed by atoms with E-state index in [2.05, 4.69) is 37.3 Å². The first-order valence-corrected chi connectivity index (χ1v) is 9.63. The van der Waals surface area contributed by atoms with E-state index in [-0.39, 0.29) is 5.91 Å². The van der Waals surface area contributed by atoms with Crippen molar-refractivity contribution in [3.8, 4) is 6.07 Å². The molecule has 0 radical (unpaired) electrons. The minimum absolute atomic E-state index is 0.273. The molecule has 28 heavy (non-hydrogen) atoms. The Hall–Kier alpha value is -3.24. The number of anilines is 1. The van der Waals surface area contributed by atoms with Crippen LogP contribution in [0.25, 0.3) is 0 Å². The van der Waals surface area contributed by atoms with Crippen LogP contribution in [0, 0.1) is 11.3 Å². The van der Waals surface area contributed by atoms with E-state index in [9.17, 15) is 10.1 Å². The Labute approximate surface area is 170 Å². The topological polar surface area (TPSA) is 83.1 Å².